The second-order valence-electron chi connectivity index (χ2n) is 9.47. The number of H-pyrrole nitrogens is 1. The highest BCUT2D eigenvalue weighted by Crippen LogP contribution is 2.35. The molecule has 0 fully saturated rings. The van der Waals surface area contributed by atoms with Crippen LogP contribution in [0, 0.1) is 6.92 Å². The molecule has 0 unspecified atom stereocenters. The molecule has 4 nitrogen and oxygen atoms in total. The van der Waals surface area contributed by atoms with Gasteiger partial charge >= 0.3 is 0 Å². The van der Waals surface area contributed by atoms with Crippen molar-refractivity contribution >= 4 is 22.5 Å². The van der Waals surface area contributed by atoms with Crippen molar-refractivity contribution in [2.45, 2.75) is 45.8 Å². The fourth-order valence-corrected chi connectivity index (χ4v) is 5.25. The van der Waals surface area contributed by atoms with E-state index in [2.05, 4.69) is 66.6 Å². The number of halogens is 1. The van der Waals surface area contributed by atoms with Gasteiger partial charge < -0.3 is 19.8 Å². The Morgan fingerprint density at radius 2 is 1.91 bits per heavy atom. The smallest absolute Gasteiger partial charge is 0.153 e. The largest absolute Gasteiger partial charge is 0.496 e. The van der Waals surface area contributed by atoms with Crippen LogP contribution in [0.1, 0.15) is 59.3 Å². The van der Waals surface area contributed by atoms with E-state index < -0.39 is 0 Å². The standard InChI is InChI=1S/C29H31ClN2O2/c1-17(2)23-15-24(30)18(3)13-27(23)34-16-20-14-19(9-10-26(20)33-4)28-29-22(11-12-31-28)21-7-5-6-8-25(21)32-29/h5-10,13-15,17,28,31-32H,11-12,16H2,1-4H3/p+1/t28-/m1/s1. The van der Waals surface area contributed by atoms with Crippen LogP contribution in [0.5, 0.6) is 11.5 Å². The number of hydrogen-bond donors (Lipinski definition) is 2. The summed E-state index contributed by atoms with van der Waals surface area (Å²) in [6.45, 7) is 7.83. The van der Waals surface area contributed by atoms with Crippen molar-refractivity contribution in [3.05, 3.63) is 93.1 Å². The van der Waals surface area contributed by atoms with Gasteiger partial charge in [0.1, 0.15) is 18.1 Å². The SMILES string of the molecule is COc1ccc([C@H]2[NH2+]CCc3c2[nH]c2ccccc32)cc1COc1cc(C)c(Cl)cc1C(C)C. The van der Waals surface area contributed by atoms with E-state index in [0.717, 1.165) is 46.2 Å². The van der Waals surface area contributed by atoms with E-state index >= 15 is 0 Å². The Kier molecular flexibility index (Phi) is 6.28. The Bertz CT molecular complexity index is 1340. The molecule has 1 aliphatic heterocycles. The van der Waals surface area contributed by atoms with Crippen LogP contribution in [0.25, 0.3) is 10.9 Å². The van der Waals surface area contributed by atoms with Crippen molar-refractivity contribution in [1.29, 1.82) is 0 Å². The average Bonchev–Trinajstić information content (AvgIpc) is 3.23. The van der Waals surface area contributed by atoms with Gasteiger partial charge in [0.25, 0.3) is 0 Å². The summed E-state index contributed by atoms with van der Waals surface area (Å²) < 4.78 is 12.1. The van der Waals surface area contributed by atoms with Crippen molar-refractivity contribution in [1.82, 2.24) is 4.98 Å². The minimum absolute atomic E-state index is 0.227. The first-order valence-electron chi connectivity index (χ1n) is 12.0. The monoisotopic (exact) mass is 475 g/mol. The molecule has 0 amide bonds. The first kappa shape index (κ1) is 22.8. The number of aromatic nitrogens is 1. The van der Waals surface area contributed by atoms with Crippen LogP contribution in [0.15, 0.2) is 54.6 Å². The zero-order valence-electron chi connectivity index (χ0n) is 20.2. The van der Waals surface area contributed by atoms with E-state index in [4.69, 9.17) is 21.1 Å². The minimum Gasteiger partial charge on any atom is -0.496 e. The number of fused-ring (bicyclic) bond motifs is 3. The Balaban J connectivity index is 1.48. The average molecular weight is 476 g/mol. The molecule has 1 aromatic heterocycles. The second-order valence-corrected chi connectivity index (χ2v) is 9.88. The Labute approximate surface area is 206 Å². The van der Waals surface area contributed by atoms with Crippen molar-refractivity contribution in [2.24, 2.45) is 0 Å². The van der Waals surface area contributed by atoms with Crippen LogP contribution in [0.2, 0.25) is 5.02 Å². The van der Waals surface area contributed by atoms with Gasteiger partial charge in [-0.25, -0.2) is 0 Å². The molecule has 5 rings (SSSR count). The van der Waals surface area contributed by atoms with Crippen LogP contribution in [-0.2, 0) is 13.0 Å². The number of nitrogens with one attached hydrogen (secondary N) is 1. The highest BCUT2D eigenvalue weighted by atomic mass is 35.5. The summed E-state index contributed by atoms with van der Waals surface area (Å²) in [5.74, 6) is 2.04. The van der Waals surface area contributed by atoms with Crippen LogP contribution < -0.4 is 14.8 Å². The third kappa shape index (κ3) is 4.17. The molecule has 0 spiro atoms. The molecule has 34 heavy (non-hydrogen) atoms. The van der Waals surface area contributed by atoms with Crippen LogP contribution in [0.4, 0.5) is 0 Å². The Morgan fingerprint density at radius 1 is 1.09 bits per heavy atom. The number of quaternary nitrogens is 1. The van der Waals surface area contributed by atoms with Gasteiger partial charge in [-0.2, -0.15) is 0 Å². The predicted molar refractivity (Wildman–Crippen MR) is 138 cm³/mol. The van der Waals surface area contributed by atoms with Crippen molar-refractivity contribution in [3.8, 4) is 11.5 Å². The van der Waals surface area contributed by atoms with E-state index in [0.29, 0.717) is 12.5 Å². The maximum atomic E-state index is 6.39. The lowest BCUT2D eigenvalue weighted by atomic mass is 9.93. The lowest BCUT2D eigenvalue weighted by Crippen LogP contribution is -2.87. The van der Waals surface area contributed by atoms with Crippen molar-refractivity contribution in [3.63, 3.8) is 0 Å². The quantitative estimate of drug-likeness (QED) is 0.356. The van der Waals surface area contributed by atoms with Gasteiger partial charge in [0.15, 0.2) is 6.04 Å². The lowest BCUT2D eigenvalue weighted by molar-refractivity contribution is -0.690. The number of hydrogen-bond acceptors (Lipinski definition) is 2. The molecule has 0 bridgehead atoms. The number of para-hydroxylation sites is 1. The number of benzene rings is 3. The maximum Gasteiger partial charge on any atom is 0.153 e. The van der Waals surface area contributed by atoms with Gasteiger partial charge in [-0.3, -0.25) is 0 Å². The number of aromatic amines is 1. The summed E-state index contributed by atoms with van der Waals surface area (Å²) in [5.41, 5.74) is 8.39. The van der Waals surface area contributed by atoms with Gasteiger partial charge in [-0.05, 0) is 65.9 Å². The van der Waals surface area contributed by atoms with Crippen molar-refractivity contribution in [2.75, 3.05) is 13.7 Å². The summed E-state index contributed by atoms with van der Waals surface area (Å²) in [4.78, 5) is 3.70. The molecule has 4 aromatic rings. The third-order valence-corrected chi connectivity index (χ3v) is 7.32. The van der Waals surface area contributed by atoms with Gasteiger partial charge in [0.2, 0.25) is 0 Å². The fraction of sp³-hybridized carbons (Fsp3) is 0.310. The normalized spacial score (nSPS) is 15.5. The van der Waals surface area contributed by atoms with E-state index in [1.54, 1.807) is 7.11 Å². The van der Waals surface area contributed by atoms with Crippen LogP contribution in [-0.4, -0.2) is 18.6 Å². The van der Waals surface area contributed by atoms with E-state index in [1.807, 2.05) is 19.1 Å². The van der Waals surface area contributed by atoms with E-state index in [9.17, 15) is 0 Å². The molecule has 1 aliphatic rings. The molecule has 2 heterocycles. The molecule has 176 valence electrons. The predicted octanol–water partition coefficient (Wildman–Crippen LogP) is 6.05. The number of rotatable bonds is 6. The van der Waals surface area contributed by atoms with Crippen molar-refractivity contribution < 1.29 is 14.8 Å². The zero-order chi connectivity index (χ0) is 23.8. The first-order valence-corrected chi connectivity index (χ1v) is 12.4. The zero-order valence-corrected chi connectivity index (χ0v) is 21.0. The maximum absolute atomic E-state index is 6.39. The molecule has 0 aliphatic carbocycles. The number of nitrogens with two attached hydrogens (primary N) is 1. The summed E-state index contributed by atoms with van der Waals surface area (Å²) in [5, 5.41) is 4.54. The second kappa shape index (κ2) is 9.36. The van der Waals surface area contributed by atoms with E-state index in [-0.39, 0.29) is 6.04 Å². The third-order valence-electron chi connectivity index (χ3n) is 6.91. The molecule has 0 saturated carbocycles. The number of methoxy groups -OCH3 is 1. The molecule has 0 saturated heterocycles. The van der Waals surface area contributed by atoms with Gasteiger partial charge in [-0.15, -0.1) is 0 Å². The summed E-state index contributed by atoms with van der Waals surface area (Å²) >= 11 is 6.39. The molecular weight excluding hydrogens is 444 g/mol. The molecular formula is C29H32ClN2O2+. The summed E-state index contributed by atoms with van der Waals surface area (Å²) in [7, 11) is 1.72. The Morgan fingerprint density at radius 3 is 2.71 bits per heavy atom. The summed E-state index contributed by atoms with van der Waals surface area (Å²) in [6.07, 6.45) is 1.08. The first-order chi connectivity index (χ1) is 16.5. The molecule has 1 atom stereocenters. The Hall–Kier alpha value is -2.95. The van der Waals surface area contributed by atoms with Crippen LogP contribution >= 0.6 is 11.6 Å². The molecule has 0 radical (unpaired) electrons. The highest BCUT2D eigenvalue weighted by molar-refractivity contribution is 6.31. The van der Waals surface area contributed by atoms with E-state index in [1.165, 1.54) is 27.7 Å². The van der Waals surface area contributed by atoms with Gasteiger partial charge in [-0.1, -0.05) is 43.6 Å². The van der Waals surface area contributed by atoms with Gasteiger partial charge in [0.05, 0.1) is 19.3 Å². The fourth-order valence-electron chi connectivity index (χ4n) is 5.08. The molecule has 5 heteroatoms. The number of ether oxygens (including phenoxy) is 2. The highest BCUT2D eigenvalue weighted by Gasteiger charge is 2.29. The van der Waals surface area contributed by atoms with Crippen LogP contribution in [0.3, 0.4) is 0 Å². The molecule has 3 aromatic carbocycles. The van der Waals surface area contributed by atoms with Gasteiger partial charge in [0, 0.05) is 33.5 Å². The lowest BCUT2D eigenvalue weighted by Gasteiger charge is -2.23. The summed E-state index contributed by atoms with van der Waals surface area (Å²) in [6, 6.07) is 19.4. The molecule has 3 N–H and O–H groups in total. The minimum atomic E-state index is 0.227. The number of aryl methyl sites for hydroxylation is 1. The topological polar surface area (TPSA) is 50.9 Å².